The topological polar surface area (TPSA) is 142 Å². The molecule has 6 aromatic rings. The van der Waals surface area contributed by atoms with Crippen molar-refractivity contribution in [1.29, 1.82) is 0 Å². The first-order valence-corrected chi connectivity index (χ1v) is 23.0. The Hall–Kier alpha value is -6.45. The Balaban J connectivity index is 0.000000205. The Morgan fingerprint density at radius 3 is 1.62 bits per heavy atom. The summed E-state index contributed by atoms with van der Waals surface area (Å²) in [5, 5.41) is 6.92. The van der Waals surface area contributed by atoms with E-state index in [1.165, 1.54) is 24.8 Å². The summed E-state index contributed by atoms with van der Waals surface area (Å²) in [5.41, 5.74) is 11.5. The van der Waals surface area contributed by atoms with Gasteiger partial charge in [-0.3, -0.25) is 9.59 Å². The number of carbonyl (C=O) groups excluding carboxylic acids is 2. The molecule has 2 aliphatic heterocycles. The molecule has 4 heterocycles. The molecule has 2 aromatic heterocycles. The normalized spacial score (nSPS) is 17.6. The predicted octanol–water partition coefficient (Wildman–Crippen LogP) is 11.3. The molecule has 0 amide bonds. The van der Waals surface area contributed by atoms with Crippen LogP contribution < -0.4 is 16.4 Å². The summed E-state index contributed by atoms with van der Waals surface area (Å²) in [7, 11) is 4.19. The van der Waals surface area contributed by atoms with Gasteiger partial charge in [-0.1, -0.05) is 72.2 Å². The van der Waals surface area contributed by atoms with Crippen LogP contribution in [-0.2, 0) is 16.0 Å². The van der Waals surface area contributed by atoms with Gasteiger partial charge in [0, 0.05) is 63.5 Å². The van der Waals surface area contributed by atoms with Crippen LogP contribution in [0.4, 0.5) is 37.5 Å². The highest BCUT2D eigenvalue weighted by atomic mass is 35.5. The van der Waals surface area contributed by atoms with Gasteiger partial charge >= 0.3 is 0 Å². The first-order valence-electron chi connectivity index (χ1n) is 21.9. The van der Waals surface area contributed by atoms with Crippen molar-refractivity contribution in [2.24, 2.45) is 10.8 Å². The zero-order chi connectivity index (χ0) is 50.2. The predicted molar refractivity (Wildman–Crippen MR) is 276 cm³/mol. The van der Waals surface area contributed by atoms with Crippen molar-refractivity contribution in [3.63, 3.8) is 0 Å². The van der Waals surface area contributed by atoms with Gasteiger partial charge in [0.15, 0.2) is 17.4 Å². The molecule has 2 saturated heterocycles. The quantitative estimate of drug-likeness (QED) is 0.0580. The molecular formula is C53H52Cl3F2N9O2. The Kier molecular flexibility index (Phi) is 16.8. The number of carbonyl (C=O) groups is 2. The number of hydrogen-bond donors (Lipinski definition) is 3. The van der Waals surface area contributed by atoms with Crippen LogP contribution in [0.15, 0.2) is 97.6 Å². The van der Waals surface area contributed by atoms with Gasteiger partial charge in [0.2, 0.25) is 5.24 Å². The Bertz CT molecular complexity index is 3110. The average Bonchev–Trinajstić information content (AvgIpc) is 3.84. The molecule has 69 heavy (non-hydrogen) atoms. The number of anilines is 5. The molecule has 2 fully saturated rings. The van der Waals surface area contributed by atoms with E-state index < -0.39 is 16.9 Å². The van der Waals surface area contributed by atoms with Gasteiger partial charge in [-0.05, 0) is 139 Å². The number of aromatic nitrogens is 4. The van der Waals surface area contributed by atoms with Crippen LogP contribution in [0.2, 0.25) is 10.0 Å². The molecule has 2 atom stereocenters. The lowest BCUT2D eigenvalue weighted by molar-refractivity contribution is -0.115. The lowest BCUT2D eigenvalue weighted by Gasteiger charge is -2.16. The number of likely N-dealkylation sites (tertiary alicyclic amines) is 2. The summed E-state index contributed by atoms with van der Waals surface area (Å²) in [4.78, 5) is 44.2. The third kappa shape index (κ3) is 13.4. The molecule has 8 rings (SSSR count). The van der Waals surface area contributed by atoms with Gasteiger partial charge < -0.3 is 26.2 Å². The standard InChI is InChI=1S/C27H26ClFN4O.C22H21ClFN5.C4H5ClO/c1-17(2)24(34)14-19-12-20-23(13-18(19)8-9-27(3)10-11-33(4)15-27)30-16-31-26(20)32-22-7-5-6-21(28)25(22)29;1-22(8-9-29(2)12-22)7-6-14-10-19-15(11-17(14)25)21(27-13-26-19)28-18-5-3-4-16(23)20(18)24;1-3(2)4(5)6/h5-7,12-13,16H,1,10-11,14-15H2,2-4H3,(H,30,31,32);3-5,10-11,13H,8-9,12,25H2,1-2H3,(H,26,27,28);1H2,2H3/t27-;22-;/m00./s1. The first kappa shape index (κ1) is 51.9. The van der Waals surface area contributed by atoms with Crippen molar-refractivity contribution < 1.29 is 18.4 Å². The van der Waals surface area contributed by atoms with Gasteiger partial charge in [-0.15, -0.1) is 0 Å². The fraction of sp³-hybridized carbons (Fsp3) is 0.283. The van der Waals surface area contributed by atoms with Crippen molar-refractivity contribution >= 4 is 96.3 Å². The maximum absolute atomic E-state index is 14.5. The Morgan fingerprint density at radius 1 is 0.739 bits per heavy atom. The monoisotopic (exact) mass is 989 g/mol. The summed E-state index contributed by atoms with van der Waals surface area (Å²) in [6, 6.07) is 16.8. The average molecular weight is 991 g/mol. The summed E-state index contributed by atoms with van der Waals surface area (Å²) >= 11 is 16.7. The lowest BCUT2D eigenvalue weighted by Crippen LogP contribution is -2.20. The minimum atomic E-state index is -0.564. The highest BCUT2D eigenvalue weighted by Gasteiger charge is 2.31. The zero-order valence-corrected chi connectivity index (χ0v) is 41.5. The molecule has 16 heteroatoms. The number of ketones is 1. The molecule has 4 aromatic carbocycles. The molecule has 0 unspecified atom stereocenters. The first-order chi connectivity index (χ1) is 32.6. The Labute approximate surface area is 416 Å². The van der Waals surface area contributed by atoms with E-state index >= 15 is 0 Å². The number of nitrogens with zero attached hydrogens (tertiary/aromatic N) is 6. The van der Waals surface area contributed by atoms with Crippen molar-refractivity contribution in [1.82, 2.24) is 29.7 Å². The fourth-order valence-corrected chi connectivity index (χ4v) is 7.99. The third-order valence-corrected chi connectivity index (χ3v) is 12.5. The lowest BCUT2D eigenvalue weighted by atomic mass is 9.89. The molecule has 0 spiro atoms. The molecule has 0 aliphatic carbocycles. The van der Waals surface area contributed by atoms with E-state index in [-0.39, 0.29) is 44.5 Å². The highest BCUT2D eigenvalue weighted by molar-refractivity contribution is 6.67. The summed E-state index contributed by atoms with van der Waals surface area (Å²) in [6.45, 7) is 18.5. The number of rotatable bonds is 8. The number of halogens is 5. The molecule has 356 valence electrons. The van der Waals surface area contributed by atoms with Crippen LogP contribution in [0.5, 0.6) is 0 Å². The van der Waals surface area contributed by atoms with Gasteiger partial charge in [0.25, 0.3) is 0 Å². The number of hydrogen-bond acceptors (Lipinski definition) is 11. The van der Waals surface area contributed by atoms with E-state index in [1.807, 2.05) is 18.2 Å². The SMILES string of the molecule is C=C(C)C(=O)Cc1cc2c(Nc3cccc(Cl)c3F)ncnc2cc1C#C[C@@]1(C)CCN(C)C1.C=C(C)C(=O)Cl.CN1CC[C@](C)(C#Cc2cc3ncnc(Nc4cccc(Cl)c4F)c3cc2N)C1. The van der Waals surface area contributed by atoms with Crippen molar-refractivity contribution in [2.45, 2.75) is 47.0 Å². The summed E-state index contributed by atoms with van der Waals surface area (Å²) in [6.07, 6.45) is 5.02. The van der Waals surface area contributed by atoms with Crippen molar-refractivity contribution in [3.05, 3.63) is 136 Å². The maximum Gasteiger partial charge on any atom is 0.247 e. The van der Waals surface area contributed by atoms with Crippen LogP contribution in [0.3, 0.4) is 0 Å². The van der Waals surface area contributed by atoms with Crippen LogP contribution >= 0.6 is 34.8 Å². The number of nitrogen functional groups attached to an aromatic ring is 1. The molecular weight excluding hydrogens is 939 g/mol. The minimum absolute atomic E-state index is 0.0136. The number of allylic oxidation sites excluding steroid dienone is 2. The van der Waals surface area contributed by atoms with Crippen LogP contribution in [0, 0.1) is 46.1 Å². The van der Waals surface area contributed by atoms with Crippen molar-refractivity contribution in [3.8, 4) is 23.7 Å². The van der Waals surface area contributed by atoms with Gasteiger partial charge in [0.1, 0.15) is 24.3 Å². The highest BCUT2D eigenvalue weighted by Crippen LogP contribution is 2.34. The summed E-state index contributed by atoms with van der Waals surface area (Å²) < 4.78 is 28.7. The van der Waals surface area contributed by atoms with E-state index in [2.05, 4.69) is 105 Å². The second kappa shape index (κ2) is 22.3. The van der Waals surface area contributed by atoms with E-state index in [1.54, 1.807) is 44.2 Å². The van der Waals surface area contributed by atoms with E-state index in [0.29, 0.717) is 50.3 Å². The largest absolute Gasteiger partial charge is 0.398 e. The van der Waals surface area contributed by atoms with E-state index in [0.717, 1.165) is 55.7 Å². The smallest absolute Gasteiger partial charge is 0.247 e. The van der Waals surface area contributed by atoms with Crippen LogP contribution in [0.1, 0.15) is 57.2 Å². The van der Waals surface area contributed by atoms with Crippen LogP contribution in [0.25, 0.3) is 21.8 Å². The molecule has 4 N–H and O–H groups in total. The van der Waals surface area contributed by atoms with Crippen molar-refractivity contribution in [2.75, 3.05) is 56.6 Å². The molecule has 11 nitrogen and oxygen atoms in total. The van der Waals surface area contributed by atoms with Gasteiger partial charge in [-0.25, -0.2) is 28.7 Å². The number of benzene rings is 4. The fourth-order valence-electron chi connectivity index (χ4n) is 7.64. The minimum Gasteiger partial charge on any atom is -0.398 e. The third-order valence-electron chi connectivity index (χ3n) is 11.6. The number of fused-ring (bicyclic) bond motifs is 2. The van der Waals surface area contributed by atoms with Crippen LogP contribution in [-0.4, -0.2) is 81.0 Å². The van der Waals surface area contributed by atoms with E-state index in [4.69, 9.17) is 40.5 Å². The van der Waals surface area contributed by atoms with Gasteiger partial charge in [0.05, 0.1) is 32.5 Å². The molecule has 0 bridgehead atoms. The zero-order valence-electron chi connectivity index (χ0n) is 39.3. The summed E-state index contributed by atoms with van der Waals surface area (Å²) in [5.74, 6) is 13.1. The Morgan fingerprint density at radius 2 is 1.19 bits per heavy atom. The number of nitrogens with two attached hydrogens (primary N) is 1. The maximum atomic E-state index is 14.5. The second-order valence-electron chi connectivity index (χ2n) is 17.9. The number of nitrogens with one attached hydrogen (secondary N) is 2. The van der Waals surface area contributed by atoms with Gasteiger partial charge in [-0.2, -0.15) is 0 Å². The molecule has 0 saturated carbocycles. The molecule has 2 aliphatic rings. The van der Waals surface area contributed by atoms with E-state index in [9.17, 15) is 18.4 Å². The second-order valence-corrected chi connectivity index (χ2v) is 19.1. The number of Topliss-reactive ketones (excluding diaryl/α,β-unsaturated/α-hetero) is 1. The molecule has 0 radical (unpaired) electrons.